The van der Waals surface area contributed by atoms with Gasteiger partial charge in [0.2, 0.25) is 0 Å². The van der Waals surface area contributed by atoms with Gasteiger partial charge in [-0.2, -0.15) is 37.6 Å². The minimum Gasteiger partial charge on any atom is -0.496 e. The Morgan fingerprint density at radius 1 is 1.14 bits per heavy atom. The first-order valence-corrected chi connectivity index (χ1v) is 12.1. The van der Waals surface area contributed by atoms with Gasteiger partial charge in [-0.3, -0.25) is 17.7 Å². The zero-order valence-corrected chi connectivity index (χ0v) is 32.5. The van der Waals surface area contributed by atoms with Crippen LogP contribution in [0.1, 0.15) is 56.6 Å². The second-order valence-corrected chi connectivity index (χ2v) is 9.60. The Morgan fingerprint density at radius 3 is 2.40 bits per heavy atom. The number of benzene rings is 2. The quantitative estimate of drug-likeness (QED) is 0.253. The van der Waals surface area contributed by atoms with Gasteiger partial charge in [-0.25, -0.2) is 0 Å². The summed E-state index contributed by atoms with van der Waals surface area (Å²) in [7, 11) is 2.38. The maximum atomic E-state index is 14.6. The second kappa shape index (κ2) is 16.7. The molecule has 1 heterocycles. The molecule has 1 saturated heterocycles. The van der Waals surface area contributed by atoms with E-state index in [1.54, 1.807) is 12.1 Å². The summed E-state index contributed by atoms with van der Waals surface area (Å²) < 4.78 is 40.1. The Labute approximate surface area is 313 Å². The molecule has 0 aromatic heterocycles. The molecule has 1 aliphatic carbocycles. The molecule has 2 nitrogen and oxygen atoms in total. The molecule has 2 radical (unpaired) electrons. The van der Waals surface area contributed by atoms with Gasteiger partial charge in [0.1, 0.15) is 0 Å². The predicted molar refractivity (Wildman–Crippen MR) is 126 cm³/mol. The van der Waals surface area contributed by atoms with Crippen LogP contribution in [0.4, 0.5) is 8.78 Å². The fraction of sp³-hybridized carbons (Fsp3) is 0.462. The zero-order chi connectivity index (χ0) is 22.7. The van der Waals surface area contributed by atoms with Crippen LogP contribution in [-0.2, 0) is 10.8 Å². The van der Waals surface area contributed by atoms with Crippen molar-refractivity contribution >= 4 is 31.7 Å². The van der Waals surface area contributed by atoms with Crippen LogP contribution in [0.2, 0.25) is 5.02 Å². The summed E-state index contributed by atoms with van der Waals surface area (Å²) in [5.41, 5.74) is 1.59. The molecule has 1 fully saturated rings. The molecular weight excluding hydrogens is 766 g/mol. The van der Waals surface area contributed by atoms with Crippen molar-refractivity contribution in [3.05, 3.63) is 64.7 Å². The van der Waals surface area contributed by atoms with Crippen LogP contribution in [0.25, 0.3) is 5.57 Å². The summed E-state index contributed by atoms with van der Waals surface area (Å²) in [4.78, 5) is 0. The van der Waals surface area contributed by atoms with Gasteiger partial charge in [-0.15, -0.1) is 32.8 Å². The molecule has 9 heteroatoms. The molecular formula is C26H27ClF2KLa2O2P-2. The van der Waals surface area contributed by atoms with Gasteiger partial charge in [0.05, 0.1) is 6.10 Å². The van der Waals surface area contributed by atoms with Crippen molar-refractivity contribution in [2.45, 2.75) is 57.7 Å². The largest absolute Gasteiger partial charge is 1.00 e. The van der Waals surface area contributed by atoms with Crippen molar-refractivity contribution in [3.63, 3.8) is 0 Å². The Kier molecular flexibility index (Phi) is 17.0. The number of hydrogen-bond donors (Lipinski definition) is 0. The summed E-state index contributed by atoms with van der Waals surface area (Å²) in [5, 5.41) is 0.881. The molecule has 0 bridgehead atoms. The maximum absolute atomic E-state index is 14.6. The fourth-order valence-electron chi connectivity index (χ4n) is 4.43. The molecule has 4 atom stereocenters. The molecule has 4 rings (SSSR count). The molecule has 35 heavy (non-hydrogen) atoms. The summed E-state index contributed by atoms with van der Waals surface area (Å²) in [6.07, 6.45) is 5.49. The fourth-order valence-corrected chi connectivity index (χ4v) is 4.76. The Balaban J connectivity index is 0.00000204. The van der Waals surface area contributed by atoms with E-state index in [1.807, 2.05) is 0 Å². The minimum atomic E-state index is -3.57. The van der Waals surface area contributed by atoms with Gasteiger partial charge in [-0.05, 0) is 43.9 Å². The smallest absolute Gasteiger partial charge is 0.496 e. The summed E-state index contributed by atoms with van der Waals surface area (Å²) in [6.45, 7) is 3.10. The number of halogens is 3. The van der Waals surface area contributed by atoms with Gasteiger partial charge in [0.25, 0.3) is 0 Å². The van der Waals surface area contributed by atoms with Crippen molar-refractivity contribution in [2.75, 3.05) is 6.61 Å². The van der Waals surface area contributed by atoms with Crippen molar-refractivity contribution in [2.24, 2.45) is 11.8 Å². The number of ether oxygens (including phenoxy) is 2. The van der Waals surface area contributed by atoms with Crippen LogP contribution in [0.15, 0.2) is 30.3 Å². The third kappa shape index (κ3) is 9.85. The molecule has 0 spiro atoms. The molecule has 4 unspecified atom stereocenters. The van der Waals surface area contributed by atoms with Crippen LogP contribution < -0.4 is 61.4 Å². The van der Waals surface area contributed by atoms with E-state index >= 15 is 0 Å². The Morgan fingerprint density at radius 2 is 1.86 bits per heavy atom. The number of allylic oxidation sites excluding steroid dienone is 2. The molecule has 1 aliphatic heterocycles. The zero-order valence-electron chi connectivity index (χ0n) is 20.3. The topological polar surface area (TPSA) is 18.5 Å². The molecule has 0 amide bonds. The van der Waals surface area contributed by atoms with Crippen LogP contribution in [-0.4, -0.2) is 12.7 Å². The molecule has 2 aromatic rings. The Bertz CT molecular complexity index is 970. The standard InChI is InChI=1S/C26H27ClF2O2P.K.2La/c1-2-17-3-13-24(30-16-17)20-6-4-18(5-7-20)19-8-10-21(11-9-19)26(28,29)31-22-12-14-25(32)23(27)15-22;;;/h4,8-9,12,15,17,20,24H,2-3,5-7,13,16,32H2,1H3;;;/q-3;+1;;. The van der Waals surface area contributed by atoms with Gasteiger partial charge in [0, 0.05) is 83.6 Å². The van der Waals surface area contributed by atoms with Gasteiger partial charge >= 0.3 is 57.5 Å². The van der Waals surface area contributed by atoms with Gasteiger partial charge < -0.3 is 21.6 Å². The number of alkyl halides is 2. The van der Waals surface area contributed by atoms with E-state index in [0.29, 0.717) is 23.2 Å². The van der Waals surface area contributed by atoms with Crippen molar-refractivity contribution in [3.8, 4) is 5.75 Å². The predicted octanol–water partition coefficient (Wildman–Crippen LogP) is 3.76. The molecule has 2 aromatic carbocycles. The van der Waals surface area contributed by atoms with Crippen molar-refractivity contribution < 1.29 is 141 Å². The third-order valence-corrected chi connectivity index (χ3v) is 7.48. The average molecular weight is 793 g/mol. The van der Waals surface area contributed by atoms with Crippen LogP contribution in [0, 0.1) is 101 Å². The first-order chi connectivity index (χ1) is 15.4. The Hall–Kier alpha value is 2.55. The van der Waals surface area contributed by atoms with E-state index in [4.69, 9.17) is 21.1 Å². The molecule has 2 aliphatic rings. The monoisotopic (exact) mass is 792 g/mol. The van der Waals surface area contributed by atoms with Crippen LogP contribution in [0.5, 0.6) is 5.75 Å². The normalized spacial score (nSPS) is 22.1. The molecule has 178 valence electrons. The minimum absolute atomic E-state index is 0. The van der Waals surface area contributed by atoms with Gasteiger partial charge in [-0.1, -0.05) is 18.4 Å². The van der Waals surface area contributed by atoms with E-state index in [2.05, 4.69) is 40.4 Å². The van der Waals surface area contributed by atoms with E-state index in [1.165, 1.54) is 25.0 Å². The summed E-state index contributed by atoms with van der Waals surface area (Å²) in [5.74, 6) is 1.18. The average Bonchev–Trinajstić information content (AvgIpc) is 2.81. The number of hydrogen-bond acceptors (Lipinski definition) is 2. The molecule has 0 N–H and O–H groups in total. The SMILES string of the molecule is CCC1CCC(C2CC=C(c3c[c-]c(C(F)(F)Oc4c[c-]c(P)c(Cl)c4)[c-]c3)CC2)OC1.[K+].[La].[La]. The van der Waals surface area contributed by atoms with E-state index in [-0.39, 0.29) is 133 Å². The van der Waals surface area contributed by atoms with E-state index in [9.17, 15) is 8.78 Å². The van der Waals surface area contributed by atoms with E-state index < -0.39 is 11.7 Å². The third-order valence-electron chi connectivity index (χ3n) is 6.51. The summed E-state index contributed by atoms with van der Waals surface area (Å²) >= 11 is 5.96. The maximum Gasteiger partial charge on any atom is 1.00 e. The van der Waals surface area contributed by atoms with Crippen molar-refractivity contribution in [1.82, 2.24) is 0 Å². The van der Waals surface area contributed by atoms with Crippen molar-refractivity contribution in [1.29, 1.82) is 0 Å². The molecule has 0 saturated carbocycles. The number of rotatable bonds is 6. The van der Waals surface area contributed by atoms with E-state index in [0.717, 1.165) is 43.4 Å². The van der Waals surface area contributed by atoms with Crippen LogP contribution >= 0.6 is 20.8 Å². The van der Waals surface area contributed by atoms with Gasteiger partial charge in [0.15, 0.2) is 0 Å². The first-order valence-electron chi connectivity index (χ1n) is 11.1. The van der Waals surface area contributed by atoms with Crippen LogP contribution in [0.3, 0.4) is 0 Å². The second-order valence-electron chi connectivity index (χ2n) is 8.61. The summed E-state index contributed by atoms with van der Waals surface area (Å²) in [6, 6.07) is 14.0. The first kappa shape index (κ1) is 35.6.